The molecule has 0 radical (unpaired) electrons. The van der Waals surface area contributed by atoms with Crippen molar-refractivity contribution in [1.29, 1.82) is 0 Å². The molecule has 5 nitrogen and oxygen atoms in total. The van der Waals surface area contributed by atoms with Gasteiger partial charge in [-0.15, -0.1) is 0 Å². The van der Waals surface area contributed by atoms with E-state index in [1.165, 1.54) is 16.8 Å². The van der Waals surface area contributed by atoms with E-state index in [1.807, 2.05) is 0 Å². The van der Waals surface area contributed by atoms with Gasteiger partial charge in [-0.1, -0.05) is 0 Å². The first kappa shape index (κ1) is 15.9. The fourth-order valence-electron chi connectivity index (χ4n) is 2.41. The summed E-state index contributed by atoms with van der Waals surface area (Å²) in [5.41, 5.74) is 4.82. The van der Waals surface area contributed by atoms with Crippen molar-refractivity contribution in [3.8, 4) is 5.82 Å². The van der Waals surface area contributed by atoms with Crippen LogP contribution in [0.15, 0.2) is 30.6 Å². The Kier molecular flexibility index (Phi) is 3.51. The number of nitrogens with two attached hydrogens (primary N) is 1. The summed E-state index contributed by atoms with van der Waals surface area (Å²) in [6.07, 6.45) is -2.76. The number of rotatable bonds is 2. The molecule has 0 bridgehead atoms. The van der Waals surface area contributed by atoms with Gasteiger partial charge in [0.05, 0.1) is 11.1 Å². The Morgan fingerprint density at radius 2 is 1.88 bits per heavy atom. The van der Waals surface area contributed by atoms with Crippen LogP contribution in [0.3, 0.4) is 0 Å². The number of hydrogen-bond acceptors (Lipinski definition) is 3. The summed E-state index contributed by atoms with van der Waals surface area (Å²) >= 11 is 0. The van der Waals surface area contributed by atoms with Gasteiger partial charge in [-0.3, -0.25) is 14.3 Å². The van der Waals surface area contributed by atoms with Gasteiger partial charge in [-0.05, 0) is 25.1 Å². The van der Waals surface area contributed by atoms with E-state index in [4.69, 9.17) is 5.73 Å². The van der Waals surface area contributed by atoms with Gasteiger partial charge < -0.3 is 5.73 Å². The molecule has 0 atom stereocenters. The van der Waals surface area contributed by atoms with Crippen molar-refractivity contribution in [1.82, 2.24) is 14.5 Å². The summed E-state index contributed by atoms with van der Waals surface area (Å²) in [6.45, 7) is 1.63. The summed E-state index contributed by atoms with van der Waals surface area (Å²) in [4.78, 5) is 18.7. The van der Waals surface area contributed by atoms with E-state index in [0.29, 0.717) is 28.9 Å². The molecular weight excluding hydrogens is 328 g/mol. The van der Waals surface area contributed by atoms with Gasteiger partial charge in [0.15, 0.2) is 11.6 Å². The lowest BCUT2D eigenvalue weighted by atomic mass is 10.2. The number of aromatic nitrogens is 3. The first-order chi connectivity index (χ1) is 11.2. The second-order valence-electron chi connectivity index (χ2n) is 5.14. The van der Waals surface area contributed by atoms with E-state index in [1.54, 1.807) is 13.0 Å². The average molecular weight is 338 g/mol. The van der Waals surface area contributed by atoms with E-state index in [-0.39, 0.29) is 11.5 Å². The molecule has 124 valence electrons. The molecular formula is C15H10F4N4O. The Morgan fingerprint density at radius 3 is 2.46 bits per heavy atom. The zero-order valence-corrected chi connectivity index (χ0v) is 12.2. The van der Waals surface area contributed by atoms with Crippen LogP contribution in [0.25, 0.3) is 16.7 Å². The SMILES string of the molecule is Cc1cc2cnc(C(N)=O)cc2n1-c1ncc(C(F)(F)F)cc1F. The molecule has 1 amide bonds. The molecule has 3 rings (SSSR count). The number of carbonyl (C=O) groups is 1. The monoisotopic (exact) mass is 338 g/mol. The molecule has 0 aliphatic heterocycles. The molecule has 0 spiro atoms. The van der Waals surface area contributed by atoms with Crippen LogP contribution in [0.2, 0.25) is 0 Å². The second-order valence-corrected chi connectivity index (χ2v) is 5.14. The van der Waals surface area contributed by atoms with Gasteiger partial charge in [-0.2, -0.15) is 13.2 Å². The van der Waals surface area contributed by atoms with Gasteiger partial charge in [0.2, 0.25) is 0 Å². The molecule has 0 aliphatic carbocycles. The Bertz CT molecular complexity index is 962. The molecule has 3 aromatic rings. The van der Waals surface area contributed by atoms with Gasteiger partial charge in [0.25, 0.3) is 5.91 Å². The lowest BCUT2D eigenvalue weighted by Crippen LogP contribution is -2.13. The summed E-state index contributed by atoms with van der Waals surface area (Å²) in [7, 11) is 0. The van der Waals surface area contributed by atoms with Crippen LogP contribution in [0, 0.1) is 12.7 Å². The number of hydrogen-bond donors (Lipinski definition) is 1. The molecule has 0 saturated heterocycles. The van der Waals surface area contributed by atoms with Crippen LogP contribution in [0.4, 0.5) is 17.6 Å². The van der Waals surface area contributed by atoms with Crippen LogP contribution in [0.1, 0.15) is 21.7 Å². The number of aryl methyl sites for hydroxylation is 1. The molecule has 3 aromatic heterocycles. The van der Waals surface area contributed by atoms with Crippen LogP contribution in [-0.2, 0) is 6.18 Å². The molecule has 3 heterocycles. The third kappa shape index (κ3) is 2.57. The number of fused-ring (bicyclic) bond motifs is 1. The molecule has 0 aliphatic rings. The minimum absolute atomic E-state index is 0.0471. The number of primary amides is 1. The van der Waals surface area contributed by atoms with Gasteiger partial charge in [0, 0.05) is 23.5 Å². The van der Waals surface area contributed by atoms with E-state index >= 15 is 0 Å². The second kappa shape index (κ2) is 5.29. The summed E-state index contributed by atoms with van der Waals surface area (Å²) in [5.74, 6) is -2.22. The lowest BCUT2D eigenvalue weighted by molar-refractivity contribution is -0.138. The quantitative estimate of drug-likeness (QED) is 0.730. The Labute approximate surface area is 132 Å². The van der Waals surface area contributed by atoms with Crippen molar-refractivity contribution in [2.75, 3.05) is 0 Å². The van der Waals surface area contributed by atoms with Crippen molar-refractivity contribution in [3.63, 3.8) is 0 Å². The van der Waals surface area contributed by atoms with Crippen molar-refractivity contribution in [2.24, 2.45) is 5.73 Å². The molecule has 0 fully saturated rings. The summed E-state index contributed by atoms with van der Waals surface area (Å²) in [5, 5.41) is 0.568. The zero-order chi connectivity index (χ0) is 17.6. The smallest absolute Gasteiger partial charge is 0.364 e. The number of carbonyl (C=O) groups excluding carboxylic acids is 1. The number of amides is 1. The summed E-state index contributed by atoms with van der Waals surface area (Å²) < 4.78 is 53.5. The predicted molar refractivity (Wildman–Crippen MR) is 77.1 cm³/mol. The number of nitrogens with zero attached hydrogens (tertiary/aromatic N) is 3. The molecule has 24 heavy (non-hydrogen) atoms. The Hall–Kier alpha value is -2.97. The van der Waals surface area contributed by atoms with E-state index < -0.39 is 23.5 Å². The van der Waals surface area contributed by atoms with Crippen molar-refractivity contribution in [2.45, 2.75) is 13.1 Å². The summed E-state index contributed by atoms with van der Waals surface area (Å²) in [6, 6.07) is 3.36. The zero-order valence-electron chi connectivity index (χ0n) is 12.2. The minimum Gasteiger partial charge on any atom is -0.364 e. The van der Waals surface area contributed by atoms with Crippen molar-refractivity contribution >= 4 is 16.8 Å². The Balaban J connectivity index is 2.24. The van der Waals surface area contributed by atoms with Crippen molar-refractivity contribution in [3.05, 3.63) is 53.4 Å². The van der Waals surface area contributed by atoms with Gasteiger partial charge in [-0.25, -0.2) is 9.37 Å². The van der Waals surface area contributed by atoms with Crippen molar-refractivity contribution < 1.29 is 22.4 Å². The standard InChI is InChI=1S/C15H10F4N4O/c1-7-2-8-5-21-11(13(20)24)4-12(8)23(7)14-10(16)3-9(6-22-14)15(17,18)19/h2-6H,1H3,(H2,20,24). The predicted octanol–water partition coefficient (Wildman–Crippen LogP) is 2.99. The van der Waals surface area contributed by atoms with Gasteiger partial charge >= 0.3 is 6.18 Å². The third-order valence-electron chi connectivity index (χ3n) is 3.48. The fourth-order valence-corrected chi connectivity index (χ4v) is 2.41. The highest BCUT2D eigenvalue weighted by molar-refractivity contribution is 5.95. The maximum absolute atomic E-state index is 14.2. The highest BCUT2D eigenvalue weighted by Gasteiger charge is 2.32. The van der Waals surface area contributed by atoms with Gasteiger partial charge in [0.1, 0.15) is 5.69 Å². The molecule has 0 unspecified atom stereocenters. The lowest BCUT2D eigenvalue weighted by Gasteiger charge is -2.11. The first-order valence-electron chi connectivity index (χ1n) is 6.69. The molecule has 0 saturated carbocycles. The van der Waals surface area contributed by atoms with Crippen LogP contribution in [-0.4, -0.2) is 20.4 Å². The number of pyridine rings is 2. The first-order valence-corrected chi connectivity index (χ1v) is 6.69. The fraction of sp³-hybridized carbons (Fsp3) is 0.133. The third-order valence-corrected chi connectivity index (χ3v) is 3.48. The number of halogens is 4. The van der Waals surface area contributed by atoms with Crippen LogP contribution in [0.5, 0.6) is 0 Å². The average Bonchev–Trinajstić information content (AvgIpc) is 2.81. The van der Waals surface area contributed by atoms with E-state index in [2.05, 4.69) is 9.97 Å². The maximum atomic E-state index is 14.2. The number of alkyl halides is 3. The molecule has 9 heteroatoms. The Morgan fingerprint density at radius 1 is 1.17 bits per heavy atom. The van der Waals surface area contributed by atoms with E-state index in [0.717, 1.165) is 0 Å². The molecule has 0 aromatic carbocycles. The highest BCUT2D eigenvalue weighted by atomic mass is 19.4. The molecule has 2 N–H and O–H groups in total. The largest absolute Gasteiger partial charge is 0.417 e. The highest BCUT2D eigenvalue weighted by Crippen LogP contribution is 2.31. The van der Waals surface area contributed by atoms with E-state index in [9.17, 15) is 22.4 Å². The minimum atomic E-state index is -4.69. The van der Waals surface area contributed by atoms with Crippen LogP contribution >= 0.6 is 0 Å². The normalized spacial score (nSPS) is 11.9. The maximum Gasteiger partial charge on any atom is 0.417 e. The topological polar surface area (TPSA) is 73.8 Å². The van der Waals surface area contributed by atoms with Crippen LogP contribution < -0.4 is 5.73 Å².